The average Bonchev–Trinajstić information content (AvgIpc) is 2.95. The SMILES string of the molecule is CCCCCC(Nc1cnn(CCO)c1)c1ccccc1. The Labute approximate surface area is 126 Å². The first-order valence-corrected chi connectivity index (χ1v) is 7.78. The Morgan fingerprint density at radius 3 is 2.76 bits per heavy atom. The maximum Gasteiger partial charge on any atom is 0.0731 e. The first-order valence-electron chi connectivity index (χ1n) is 7.78. The lowest BCUT2D eigenvalue weighted by molar-refractivity contribution is 0.269. The van der Waals surface area contributed by atoms with Crippen LogP contribution in [0.5, 0.6) is 0 Å². The molecule has 4 heteroatoms. The van der Waals surface area contributed by atoms with E-state index >= 15 is 0 Å². The van der Waals surface area contributed by atoms with Crippen LogP contribution in [-0.4, -0.2) is 21.5 Å². The van der Waals surface area contributed by atoms with Gasteiger partial charge in [0.05, 0.1) is 31.1 Å². The normalized spacial score (nSPS) is 12.3. The zero-order valence-electron chi connectivity index (χ0n) is 12.7. The molecule has 0 aliphatic heterocycles. The molecule has 0 aliphatic carbocycles. The van der Waals surface area contributed by atoms with E-state index in [4.69, 9.17) is 5.11 Å². The van der Waals surface area contributed by atoms with Gasteiger partial charge in [-0.3, -0.25) is 4.68 Å². The Morgan fingerprint density at radius 1 is 1.24 bits per heavy atom. The molecule has 1 unspecified atom stereocenters. The van der Waals surface area contributed by atoms with Gasteiger partial charge in [-0.2, -0.15) is 5.10 Å². The van der Waals surface area contributed by atoms with Gasteiger partial charge in [-0.15, -0.1) is 0 Å². The third-order valence-corrected chi connectivity index (χ3v) is 3.60. The first-order chi connectivity index (χ1) is 10.3. The summed E-state index contributed by atoms with van der Waals surface area (Å²) < 4.78 is 1.76. The molecule has 1 heterocycles. The number of benzene rings is 1. The summed E-state index contributed by atoms with van der Waals surface area (Å²) in [5.41, 5.74) is 2.32. The van der Waals surface area contributed by atoms with Crippen LogP contribution in [0.4, 0.5) is 5.69 Å². The topological polar surface area (TPSA) is 50.1 Å². The molecule has 0 bridgehead atoms. The van der Waals surface area contributed by atoms with Crippen LogP contribution in [-0.2, 0) is 6.54 Å². The summed E-state index contributed by atoms with van der Waals surface area (Å²) in [6.45, 7) is 2.87. The largest absolute Gasteiger partial charge is 0.394 e. The van der Waals surface area contributed by atoms with Gasteiger partial charge in [0.25, 0.3) is 0 Å². The molecule has 2 aromatic rings. The monoisotopic (exact) mass is 287 g/mol. The summed E-state index contributed by atoms with van der Waals surface area (Å²) >= 11 is 0. The molecule has 0 aliphatic rings. The Hall–Kier alpha value is -1.81. The molecule has 1 atom stereocenters. The molecule has 1 aromatic heterocycles. The summed E-state index contributed by atoms with van der Waals surface area (Å²) in [7, 11) is 0. The third-order valence-electron chi connectivity index (χ3n) is 3.60. The highest BCUT2D eigenvalue weighted by Crippen LogP contribution is 2.24. The number of unbranched alkanes of at least 4 members (excludes halogenated alkanes) is 2. The predicted octanol–water partition coefficient (Wildman–Crippen LogP) is 3.61. The number of anilines is 1. The summed E-state index contributed by atoms with van der Waals surface area (Å²) in [5, 5.41) is 16.8. The third kappa shape index (κ3) is 4.90. The summed E-state index contributed by atoms with van der Waals surface area (Å²) in [6, 6.07) is 10.9. The number of rotatable bonds is 9. The van der Waals surface area contributed by atoms with Gasteiger partial charge >= 0.3 is 0 Å². The number of nitrogens with zero attached hydrogens (tertiary/aromatic N) is 2. The van der Waals surface area contributed by atoms with E-state index in [1.54, 1.807) is 4.68 Å². The van der Waals surface area contributed by atoms with Crippen LogP contribution < -0.4 is 5.32 Å². The second-order valence-electron chi connectivity index (χ2n) is 5.32. The highest BCUT2D eigenvalue weighted by atomic mass is 16.3. The molecule has 2 N–H and O–H groups in total. The maximum atomic E-state index is 8.95. The molecular formula is C17H25N3O. The van der Waals surface area contributed by atoms with E-state index in [-0.39, 0.29) is 6.61 Å². The van der Waals surface area contributed by atoms with E-state index in [2.05, 4.69) is 41.6 Å². The van der Waals surface area contributed by atoms with E-state index in [1.165, 1.54) is 24.8 Å². The molecule has 0 radical (unpaired) electrons. The molecule has 0 spiro atoms. The van der Waals surface area contributed by atoms with Crippen molar-refractivity contribution in [1.82, 2.24) is 9.78 Å². The number of hydrogen-bond donors (Lipinski definition) is 2. The van der Waals surface area contributed by atoms with E-state index in [0.29, 0.717) is 12.6 Å². The minimum Gasteiger partial charge on any atom is -0.394 e. The van der Waals surface area contributed by atoms with Crippen molar-refractivity contribution >= 4 is 5.69 Å². The Balaban J connectivity index is 2.03. The summed E-state index contributed by atoms with van der Waals surface area (Å²) in [4.78, 5) is 0. The van der Waals surface area contributed by atoms with Crippen LogP contribution in [0.3, 0.4) is 0 Å². The van der Waals surface area contributed by atoms with Gasteiger partial charge in [0.1, 0.15) is 0 Å². The van der Waals surface area contributed by atoms with Gasteiger partial charge in [-0.05, 0) is 12.0 Å². The van der Waals surface area contributed by atoms with Crippen molar-refractivity contribution in [2.24, 2.45) is 0 Å². The standard InChI is InChI=1S/C17H25N3O/c1-2-3-5-10-17(15-8-6-4-7-9-15)19-16-13-18-20(14-16)11-12-21/h4,6-9,13-14,17,19,21H,2-3,5,10-12H2,1H3. The lowest BCUT2D eigenvalue weighted by Gasteiger charge is -2.19. The molecule has 21 heavy (non-hydrogen) atoms. The predicted molar refractivity (Wildman–Crippen MR) is 86.3 cm³/mol. The molecule has 1 aromatic carbocycles. The Morgan fingerprint density at radius 2 is 2.05 bits per heavy atom. The van der Waals surface area contributed by atoms with E-state index in [9.17, 15) is 0 Å². The minimum absolute atomic E-state index is 0.111. The molecule has 4 nitrogen and oxygen atoms in total. The van der Waals surface area contributed by atoms with Crippen LogP contribution in [0.15, 0.2) is 42.7 Å². The van der Waals surface area contributed by atoms with Gasteiger partial charge in [0.2, 0.25) is 0 Å². The molecule has 0 fully saturated rings. The molecule has 0 saturated carbocycles. The molecule has 2 rings (SSSR count). The molecule has 0 amide bonds. The van der Waals surface area contributed by atoms with Crippen LogP contribution >= 0.6 is 0 Å². The van der Waals surface area contributed by atoms with Crippen molar-refractivity contribution in [3.63, 3.8) is 0 Å². The van der Waals surface area contributed by atoms with Gasteiger partial charge in [0, 0.05) is 6.20 Å². The van der Waals surface area contributed by atoms with Crippen LogP contribution in [0.1, 0.15) is 44.2 Å². The number of hydrogen-bond acceptors (Lipinski definition) is 3. The number of aromatic nitrogens is 2. The van der Waals surface area contributed by atoms with Crippen LogP contribution in [0.25, 0.3) is 0 Å². The van der Waals surface area contributed by atoms with Gasteiger partial charge in [-0.1, -0.05) is 56.5 Å². The zero-order chi connectivity index (χ0) is 14.9. The average molecular weight is 287 g/mol. The molecular weight excluding hydrogens is 262 g/mol. The van der Waals surface area contributed by atoms with Crippen molar-refractivity contribution in [1.29, 1.82) is 0 Å². The minimum atomic E-state index is 0.111. The maximum absolute atomic E-state index is 8.95. The number of aliphatic hydroxyl groups is 1. The van der Waals surface area contributed by atoms with Gasteiger partial charge < -0.3 is 10.4 Å². The molecule has 114 valence electrons. The second-order valence-corrected chi connectivity index (χ2v) is 5.32. The van der Waals surface area contributed by atoms with E-state index < -0.39 is 0 Å². The van der Waals surface area contributed by atoms with E-state index in [0.717, 1.165) is 12.1 Å². The lowest BCUT2D eigenvalue weighted by atomic mass is 10.0. The Kier molecular flexibility index (Phi) is 6.28. The fourth-order valence-electron chi connectivity index (χ4n) is 2.47. The fourth-order valence-corrected chi connectivity index (χ4v) is 2.47. The molecule has 0 saturated heterocycles. The van der Waals surface area contributed by atoms with Crippen molar-refractivity contribution in [3.8, 4) is 0 Å². The highest BCUT2D eigenvalue weighted by molar-refractivity contribution is 5.41. The van der Waals surface area contributed by atoms with Crippen molar-refractivity contribution in [3.05, 3.63) is 48.3 Å². The van der Waals surface area contributed by atoms with Gasteiger partial charge in [0.15, 0.2) is 0 Å². The van der Waals surface area contributed by atoms with E-state index in [1.807, 2.05) is 18.5 Å². The van der Waals surface area contributed by atoms with Crippen molar-refractivity contribution < 1.29 is 5.11 Å². The first kappa shape index (κ1) is 15.6. The van der Waals surface area contributed by atoms with Crippen LogP contribution in [0, 0.1) is 0 Å². The van der Waals surface area contributed by atoms with Gasteiger partial charge in [-0.25, -0.2) is 0 Å². The number of nitrogens with one attached hydrogen (secondary N) is 1. The smallest absolute Gasteiger partial charge is 0.0731 e. The lowest BCUT2D eigenvalue weighted by Crippen LogP contribution is -2.10. The van der Waals surface area contributed by atoms with Crippen LogP contribution in [0.2, 0.25) is 0 Å². The second kappa shape index (κ2) is 8.47. The summed E-state index contributed by atoms with van der Waals surface area (Å²) in [5.74, 6) is 0. The van der Waals surface area contributed by atoms with Crippen molar-refractivity contribution in [2.45, 2.75) is 45.2 Å². The van der Waals surface area contributed by atoms with Crippen molar-refractivity contribution in [2.75, 3.05) is 11.9 Å². The quantitative estimate of drug-likeness (QED) is 0.693. The number of aliphatic hydroxyl groups excluding tert-OH is 1. The zero-order valence-corrected chi connectivity index (χ0v) is 12.7. The summed E-state index contributed by atoms with van der Waals surface area (Å²) in [6.07, 6.45) is 8.60. The highest BCUT2D eigenvalue weighted by Gasteiger charge is 2.11. The fraction of sp³-hybridized carbons (Fsp3) is 0.471. The Bertz CT molecular complexity index is 510.